The summed E-state index contributed by atoms with van der Waals surface area (Å²) in [5.74, 6) is 0.733. The Balaban J connectivity index is 0.00000392. The number of sulfonamides is 1. The molecule has 0 saturated carbocycles. The van der Waals surface area contributed by atoms with E-state index in [0.717, 1.165) is 13.0 Å². The van der Waals surface area contributed by atoms with Gasteiger partial charge in [-0.15, -0.1) is 35.3 Å². The highest BCUT2D eigenvalue weighted by atomic mass is 127. The molecule has 162 valence electrons. The molecule has 1 saturated heterocycles. The van der Waals surface area contributed by atoms with Gasteiger partial charge in [-0.3, -0.25) is 4.99 Å². The van der Waals surface area contributed by atoms with Crippen LogP contribution in [0.5, 0.6) is 0 Å². The zero-order valence-corrected chi connectivity index (χ0v) is 19.5. The molecule has 2 N–H and O–H groups in total. The summed E-state index contributed by atoms with van der Waals surface area (Å²) in [4.78, 5) is 5.77. The molecular formula is C16H26F3IN4O2S2. The average molecular weight is 554 g/mol. The number of rotatable bonds is 7. The van der Waals surface area contributed by atoms with Crippen molar-refractivity contribution in [2.45, 2.75) is 31.7 Å². The molecule has 28 heavy (non-hydrogen) atoms. The Morgan fingerprint density at radius 3 is 2.54 bits per heavy atom. The monoisotopic (exact) mass is 554 g/mol. The van der Waals surface area contributed by atoms with Crippen molar-refractivity contribution in [3.63, 3.8) is 0 Å². The molecule has 0 unspecified atom stereocenters. The molecule has 1 aliphatic rings. The summed E-state index contributed by atoms with van der Waals surface area (Å²) < 4.78 is 61.2. The largest absolute Gasteiger partial charge is 0.511 e. The molecule has 1 aliphatic heterocycles. The van der Waals surface area contributed by atoms with Crippen LogP contribution in [0.15, 0.2) is 22.5 Å². The van der Waals surface area contributed by atoms with Gasteiger partial charge < -0.3 is 10.6 Å². The number of thiophene rings is 1. The van der Waals surface area contributed by atoms with Crippen LogP contribution in [0.4, 0.5) is 13.2 Å². The van der Waals surface area contributed by atoms with Gasteiger partial charge in [0, 0.05) is 37.6 Å². The van der Waals surface area contributed by atoms with Crippen LogP contribution in [0.1, 0.15) is 24.6 Å². The first kappa shape index (κ1) is 25.4. The average Bonchev–Trinajstić information content (AvgIpc) is 3.12. The highest BCUT2D eigenvalue weighted by Crippen LogP contribution is 2.30. The third-order valence-electron chi connectivity index (χ3n) is 4.30. The smallest absolute Gasteiger partial charge is 0.357 e. The maximum Gasteiger partial charge on any atom is 0.511 e. The summed E-state index contributed by atoms with van der Waals surface area (Å²) >= 11 is 1.69. The molecule has 1 fully saturated rings. The SMILES string of the molecule is CCNC(=NCC1CCN(S(=O)(=O)C(F)(F)F)CC1)NCCc1cccs1.I. The van der Waals surface area contributed by atoms with Gasteiger partial charge >= 0.3 is 15.5 Å². The highest BCUT2D eigenvalue weighted by Gasteiger charge is 2.50. The first-order valence-corrected chi connectivity index (χ1v) is 11.2. The van der Waals surface area contributed by atoms with Gasteiger partial charge in [0.15, 0.2) is 5.96 Å². The molecule has 0 bridgehead atoms. The van der Waals surface area contributed by atoms with Crippen LogP contribution in [0.3, 0.4) is 0 Å². The van der Waals surface area contributed by atoms with Gasteiger partial charge in [0.05, 0.1) is 0 Å². The number of nitrogens with zero attached hydrogens (tertiary/aromatic N) is 2. The summed E-state index contributed by atoms with van der Waals surface area (Å²) in [5, 5.41) is 8.41. The molecule has 0 radical (unpaired) electrons. The Morgan fingerprint density at radius 1 is 1.32 bits per heavy atom. The maximum absolute atomic E-state index is 12.6. The van der Waals surface area contributed by atoms with Crippen LogP contribution < -0.4 is 10.6 Å². The van der Waals surface area contributed by atoms with Gasteiger partial charge in [-0.2, -0.15) is 17.5 Å². The Labute approximate surface area is 185 Å². The molecule has 2 rings (SSSR count). The third kappa shape index (κ3) is 7.34. The first-order valence-electron chi connectivity index (χ1n) is 8.85. The number of halogens is 4. The topological polar surface area (TPSA) is 73.8 Å². The van der Waals surface area contributed by atoms with E-state index in [4.69, 9.17) is 0 Å². The lowest BCUT2D eigenvalue weighted by molar-refractivity contribution is -0.0496. The van der Waals surface area contributed by atoms with Crippen LogP contribution in [-0.2, 0) is 16.4 Å². The summed E-state index contributed by atoms with van der Waals surface area (Å²) in [7, 11) is -5.22. The minimum absolute atomic E-state index is 0. The number of aliphatic imine (C=N–C) groups is 1. The molecule has 0 aliphatic carbocycles. The fourth-order valence-electron chi connectivity index (χ4n) is 2.80. The molecule has 1 aromatic rings. The zero-order chi connectivity index (χ0) is 19.9. The molecule has 0 amide bonds. The standard InChI is InChI=1S/C16H25F3N4O2S2.HI/c1-2-20-15(21-8-5-14-4-3-11-26-14)22-12-13-6-9-23(10-7-13)27(24,25)16(17,18)19;/h3-4,11,13H,2,5-10,12H2,1H3,(H2,20,21,22);1H. The summed E-state index contributed by atoms with van der Waals surface area (Å²) in [6.45, 7) is 3.60. The maximum atomic E-state index is 12.6. The van der Waals surface area contributed by atoms with Crippen LogP contribution in [0, 0.1) is 5.92 Å². The lowest BCUT2D eigenvalue weighted by atomic mass is 9.98. The summed E-state index contributed by atoms with van der Waals surface area (Å²) in [5.41, 5.74) is -5.23. The molecule has 0 spiro atoms. The van der Waals surface area contributed by atoms with Gasteiger partial charge in [0.25, 0.3) is 0 Å². The molecule has 2 heterocycles. The molecule has 6 nitrogen and oxygen atoms in total. The van der Waals surface area contributed by atoms with E-state index >= 15 is 0 Å². The van der Waals surface area contributed by atoms with Crippen molar-refractivity contribution in [1.29, 1.82) is 0 Å². The van der Waals surface area contributed by atoms with E-state index in [1.807, 2.05) is 18.4 Å². The number of hydrogen-bond donors (Lipinski definition) is 2. The van der Waals surface area contributed by atoms with Crippen LogP contribution in [0.2, 0.25) is 0 Å². The number of hydrogen-bond acceptors (Lipinski definition) is 4. The molecule has 12 heteroatoms. The second-order valence-electron chi connectivity index (χ2n) is 6.27. The van der Waals surface area contributed by atoms with E-state index in [1.54, 1.807) is 11.3 Å². The van der Waals surface area contributed by atoms with Gasteiger partial charge in [0.2, 0.25) is 0 Å². The predicted molar refractivity (Wildman–Crippen MR) is 117 cm³/mol. The summed E-state index contributed by atoms with van der Waals surface area (Å²) in [6.07, 6.45) is 1.62. The van der Waals surface area contributed by atoms with Crippen molar-refractivity contribution >= 4 is 51.3 Å². The van der Waals surface area contributed by atoms with Gasteiger partial charge in [-0.25, -0.2) is 8.42 Å². The predicted octanol–water partition coefficient (Wildman–Crippen LogP) is 3.03. The Kier molecular flexibility index (Phi) is 10.5. The van der Waals surface area contributed by atoms with E-state index in [1.165, 1.54) is 4.88 Å². The van der Waals surface area contributed by atoms with E-state index < -0.39 is 15.5 Å². The quantitative estimate of drug-likeness (QED) is 0.309. The highest BCUT2D eigenvalue weighted by molar-refractivity contribution is 14.0. The third-order valence-corrected chi connectivity index (χ3v) is 6.87. The van der Waals surface area contributed by atoms with Gasteiger partial charge in [-0.1, -0.05) is 6.07 Å². The lowest BCUT2D eigenvalue weighted by Gasteiger charge is -2.30. The van der Waals surface area contributed by atoms with E-state index in [-0.39, 0.29) is 43.0 Å². The second kappa shape index (κ2) is 11.6. The number of alkyl halides is 3. The van der Waals surface area contributed by atoms with Crippen LogP contribution in [0.25, 0.3) is 0 Å². The van der Waals surface area contributed by atoms with E-state index in [9.17, 15) is 21.6 Å². The van der Waals surface area contributed by atoms with Crippen molar-refractivity contribution in [2.75, 3.05) is 32.7 Å². The fourth-order valence-corrected chi connectivity index (χ4v) is 4.49. The number of piperidine rings is 1. The molecular weight excluding hydrogens is 528 g/mol. The Bertz CT molecular complexity index is 704. The summed E-state index contributed by atoms with van der Waals surface area (Å²) in [6, 6.07) is 4.07. The second-order valence-corrected chi connectivity index (χ2v) is 9.23. The van der Waals surface area contributed by atoms with Crippen molar-refractivity contribution in [1.82, 2.24) is 14.9 Å². The minimum Gasteiger partial charge on any atom is -0.357 e. The fraction of sp³-hybridized carbons (Fsp3) is 0.688. The van der Waals surface area contributed by atoms with Crippen molar-refractivity contribution in [3.05, 3.63) is 22.4 Å². The lowest BCUT2D eigenvalue weighted by Crippen LogP contribution is -2.45. The Morgan fingerprint density at radius 2 is 2.00 bits per heavy atom. The van der Waals surface area contributed by atoms with Crippen molar-refractivity contribution < 1.29 is 21.6 Å². The van der Waals surface area contributed by atoms with Gasteiger partial charge in [-0.05, 0) is 43.6 Å². The molecule has 0 atom stereocenters. The van der Waals surface area contributed by atoms with Crippen LogP contribution in [-0.4, -0.2) is 56.9 Å². The molecule has 1 aromatic heterocycles. The van der Waals surface area contributed by atoms with E-state index in [2.05, 4.69) is 21.7 Å². The zero-order valence-electron chi connectivity index (χ0n) is 15.5. The molecule has 0 aromatic carbocycles. The number of guanidine groups is 1. The van der Waals surface area contributed by atoms with Crippen molar-refractivity contribution in [3.8, 4) is 0 Å². The normalized spacial score (nSPS) is 17.2. The Hall–Kier alpha value is -0.600. The minimum atomic E-state index is -5.23. The first-order chi connectivity index (χ1) is 12.7. The van der Waals surface area contributed by atoms with Gasteiger partial charge in [0.1, 0.15) is 0 Å². The number of nitrogens with one attached hydrogen (secondary N) is 2. The van der Waals surface area contributed by atoms with Crippen molar-refractivity contribution in [2.24, 2.45) is 10.9 Å². The van der Waals surface area contributed by atoms with E-state index in [0.29, 0.717) is 36.2 Å². The van der Waals surface area contributed by atoms with Crippen LogP contribution >= 0.6 is 35.3 Å².